The van der Waals surface area contributed by atoms with Crippen molar-refractivity contribution < 1.29 is 26.7 Å². The molecule has 0 amide bonds. The molecule has 0 bridgehead atoms. The molecule has 0 radical (unpaired) electrons. The Bertz CT molecular complexity index is 1760. The predicted molar refractivity (Wildman–Crippen MR) is 231 cm³/mol. The fourth-order valence-electron chi connectivity index (χ4n) is 5.35. The van der Waals surface area contributed by atoms with E-state index in [9.17, 15) is 0 Å². The average molecular weight is 811 g/mol. The van der Waals surface area contributed by atoms with Crippen molar-refractivity contribution in [3.63, 3.8) is 0 Å². The predicted octanol–water partition coefficient (Wildman–Crippen LogP) is 10.8. The molecule has 10 nitrogen and oxygen atoms in total. The van der Waals surface area contributed by atoms with E-state index in [1.54, 1.807) is 32.7 Å². The van der Waals surface area contributed by atoms with Crippen LogP contribution < -0.4 is 9.47 Å². The van der Waals surface area contributed by atoms with E-state index in [1.165, 1.54) is 0 Å². The largest absolute Gasteiger partial charge is 0.500 e. The van der Waals surface area contributed by atoms with Gasteiger partial charge in [-0.05, 0) is 78.7 Å². The highest BCUT2D eigenvalue weighted by molar-refractivity contribution is 7.21. The van der Waals surface area contributed by atoms with E-state index >= 15 is 0 Å². The number of thiazole rings is 1. The van der Waals surface area contributed by atoms with Gasteiger partial charge in [-0.15, -0.1) is 11.3 Å². The lowest BCUT2D eigenvalue weighted by Crippen LogP contribution is -2.44. The van der Waals surface area contributed by atoms with Crippen LogP contribution in [0.15, 0.2) is 77.2 Å². The van der Waals surface area contributed by atoms with Crippen LogP contribution in [0.2, 0.25) is 42.3 Å². The molecule has 2 aromatic heterocycles. The average Bonchev–Trinajstić information content (AvgIpc) is 3.55. The minimum atomic E-state index is -2.56. The maximum Gasteiger partial charge on any atom is 0.500 e. The zero-order valence-corrected chi connectivity index (χ0v) is 38.8. The lowest BCUT2D eigenvalue weighted by molar-refractivity contribution is -0.696. The van der Waals surface area contributed by atoms with Gasteiger partial charge in [0.1, 0.15) is 11.6 Å². The van der Waals surface area contributed by atoms with Crippen LogP contribution in [0, 0.1) is 0 Å². The number of hydrogen-bond donors (Lipinski definition) is 0. The number of nitrogens with zero attached hydrogens (tertiary/aromatic N) is 5. The van der Waals surface area contributed by atoms with Crippen LogP contribution in [0.5, 0.6) is 0 Å². The summed E-state index contributed by atoms with van der Waals surface area (Å²) < 4.78 is 33.0. The fraction of sp³-hybridized carbons (Fsp3) is 0.550. The lowest BCUT2D eigenvalue weighted by atomic mass is 10.2. The number of rotatable bonds is 19. The summed E-state index contributed by atoms with van der Waals surface area (Å²) in [6, 6.07) is 19.3. The van der Waals surface area contributed by atoms with E-state index in [2.05, 4.69) is 130 Å². The number of aryl methyl sites for hydroxylation is 1. The molecule has 0 aliphatic rings. The number of aromatic nitrogens is 2. The molecule has 0 atom stereocenters. The molecule has 0 saturated carbocycles. The van der Waals surface area contributed by atoms with Gasteiger partial charge in [0.25, 0.3) is 0 Å². The summed E-state index contributed by atoms with van der Waals surface area (Å²) in [5.74, 6) is 0. The molecular weight excluding hydrogens is 747 g/mol. The Kier molecular flexibility index (Phi) is 15.1. The number of fused-ring (bicyclic) bond motifs is 1. The van der Waals surface area contributed by atoms with Crippen molar-refractivity contribution in [1.82, 2.24) is 4.98 Å². The van der Waals surface area contributed by atoms with Crippen molar-refractivity contribution >= 4 is 64.1 Å². The monoisotopic (exact) mass is 810 g/mol. The Morgan fingerprint density at radius 1 is 0.722 bits per heavy atom. The number of hydrogen-bond acceptors (Lipinski definition) is 10. The zero-order chi connectivity index (χ0) is 39.8. The van der Waals surface area contributed by atoms with Crippen molar-refractivity contribution in [2.24, 2.45) is 10.2 Å². The van der Waals surface area contributed by atoms with Gasteiger partial charge in [-0.3, -0.25) is 0 Å². The molecule has 0 aliphatic heterocycles. The highest BCUT2D eigenvalue weighted by Gasteiger charge is 2.39. The van der Waals surface area contributed by atoms with Crippen molar-refractivity contribution in [2.75, 3.05) is 52.5 Å². The Labute approximate surface area is 331 Å². The number of anilines is 1. The quantitative estimate of drug-likeness (QED) is 0.0529. The second-order valence-electron chi connectivity index (χ2n) is 16.8. The molecule has 0 spiro atoms. The maximum absolute atomic E-state index is 6.57. The molecule has 2 heterocycles. The summed E-state index contributed by atoms with van der Waals surface area (Å²) in [5.41, 5.74) is 4.75. The van der Waals surface area contributed by atoms with Gasteiger partial charge in [0, 0.05) is 70.3 Å². The third-order valence-corrected chi connectivity index (χ3v) is 24.1. The minimum Gasteiger partial charge on any atom is -0.415 e. The normalized spacial score (nSPS) is 13.4. The van der Waals surface area contributed by atoms with Gasteiger partial charge in [0.2, 0.25) is 0 Å². The molecule has 4 rings (SSSR count). The molecule has 0 saturated heterocycles. The minimum absolute atomic E-state index is 0.172. The Morgan fingerprint density at radius 2 is 1.24 bits per heavy atom. The first kappa shape index (κ1) is 44.1. The Morgan fingerprint density at radius 3 is 1.76 bits per heavy atom. The summed E-state index contributed by atoms with van der Waals surface area (Å²) in [7, 11) is -1.30. The molecule has 54 heavy (non-hydrogen) atoms. The van der Waals surface area contributed by atoms with Gasteiger partial charge in [0.15, 0.2) is 29.0 Å². The maximum atomic E-state index is 6.57. The first-order chi connectivity index (χ1) is 25.3. The second-order valence-corrected chi connectivity index (χ2v) is 30.6. The number of benzene rings is 2. The van der Waals surface area contributed by atoms with Crippen LogP contribution >= 0.6 is 11.3 Å². The van der Waals surface area contributed by atoms with Gasteiger partial charge in [-0.1, -0.05) is 41.5 Å². The van der Waals surface area contributed by atoms with Gasteiger partial charge in [-0.25, -0.2) is 9.55 Å². The second kappa shape index (κ2) is 18.5. The SMILES string of the molecule is CO[Si](CCC[n+]1ccc(-c2nc3ccc(N=Nc4ccc(N(CCO[Si](C)(C)C(C)(C)C)CCO[Si](C)(C)C(C)(C)C)cc4)cc3s2)cc1)(OC)OC. The fourth-order valence-corrected chi connectivity index (χ4v) is 10.1. The van der Waals surface area contributed by atoms with Crippen LogP contribution in [0.25, 0.3) is 20.8 Å². The first-order valence-corrected chi connectivity index (χ1v) is 27.5. The van der Waals surface area contributed by atoms with Crippen LogP contribution in [-0.2, 0) is 28.7 Å². The lowest BCUT2D eigenvalue weighted by Gasteiger charge is -2.38. The van der Waals surface area contributed by atoms with E-state index in [0.29, 0.717) is 13.2 Å². The Hall–Kier alpha value is -2.67. The standard InChI is InChI=1S/C40H64N5O5SSi3/c1-39(2,3)52(10,11)49-28-26-45(27-29-50-53(12,13)40(4,5)6)35-18-15-33(16-19-35)42-43-34-17-20-36-37(31-34)51-38(41-36)32-21-24-44(25-22-32)23-14-30-54(46-7,47-8)48-9/h15-22,24-25,31H,14,23,26-30H2,1-13H3/q+1. The zero-order valence-electron chi connectivity index (χ0n) is 35.0. The van der Waals surface area contributed by atoms with E-state index in [0.717, 1.165) is 69.9 Å². The van der Waals surface area contributed by atoms with Gasteiger partial charge >= 0.3 is 8.80 Å². The molecule has 296 valence electrons. The highest BCUT2D eigenvalue weighted by Crippen LogP contribution is 2.38. The molecular formula is C40H64N5O5SSi3+. The van der Waals surface area contributed by atoms with E-state index in [4.69, 9.17) is 27.1 Å². The van der Waals surface area contributed by atoms with Crippen molar-refractivity contribution in [1.29, 1.82) is 0 Å². The van der Waals surface area contributed by atoms with Crippen molar-refractivity contribution in [3.8, 4) is 10.6 Å². The van der Waals surface area contributed by atoms with Crippen molar-refractivity contribution in [3.05, 3.63) is 67.0 Å². The van der Waals surface area contributed by atoms with Crippen LogP contribution in [-0.4, -0.2) is 78.1 Å². The molecule has 0 unspecified atom stereocenters. The summed E-state index contributed by atoms with van der Waals surface area (Å²) in [6.07, 6.45) is 5.08. The number of azo groups is 1. The van der Waals surface area contributed by atoms with Gasteiger partial charge in [-0.2, -0.15) is 10.2 Å². The summed E-state index contributed by atoms with van der Waals surface area (Å²) >= 11 is 1.66. The highest BCUT2D eigenvalue weighted by atomic mass is 32.1. The van der Waals surface area contributed by atoms with Gasteiger partial charge < -0.3 is 27.0 Å². The van der Waals surface area contributed by atoms with E-state index in [1.807, 2.05) is 24.3 Å². The molecule has 0 N–H and O–H groups in total. The van der Waals surface area contributed by atoms with Crippen LogP contribution in [0.3, 0.4) is 0 Å². The van der Waals surface area contributed by atoms with Crippen molar-refractivity contribution in [2.45, 2.75) is 96.8 Å². The summed E-state index contributed by atoms with van der Waals surface area (Å²) in [4.78, 5) is 7.27. The topological polar surface area (TPSA) is 90.9 Å². The molecule has 0 aliphatic carbocycles. The molecule has 0 fully saturated rings. The number of pyridine rings is 1. The van der Waals surface area contributed by atoms with E-state index in [-0.39, 0.29) is 10.1 Å². The molecule has 14 heteroatoms. The molecule has 4 aromatic rings. The van der Waals surface area contributed by atoms with Gasteiger partial charge in [0.05, 0.1) is 34.8 Å². The third-order valence-electron chi connectivity index (χ3n) is 11.1. The van der Waals surface area contributed by atoms with Crippen LogP contribution in [0.4, 0.5) is 17.1 Å². The summed E-state index contributed by atoms with van der Waals surface area (Å²) in [6.45, 7) is 26.8. The summed E-state index contributed by atoms with van der Waals surface area (Å²) in [5, 5.41) is 10.5. The van der Waals surface area contributed by atoms with Crippen LogP contribution in [0.1, 0.15) is 48.0 Å². The third kappa shape index (κ3) is 11.7. The first-order valence-electron chi connectivity index (χ1n) is 18.9. The smallest absolute Gasteiger partial charge is 0.415 e. The van der Waals surface area contributed by atoms with E-state index < -0.39 is 25.4 Å². The Balaban J connectivity index is 1.41. The molecule has 2 aromatic carbocycles.